The van der Waals surface area contributed by atoms with Gasteiger partial charge in [0.2, 0.25) is 0 Å². The van der Waals surface area contributed by atoms with Crippen LogP contribution in [0.2, 0.25) is 0 Å². The van der Waals surface area contributed by atoms with E-state index in [9.17, 15) is 0 Å². The first-order chi connectivity index (χ1) is 7.35. The molecule has 2 nitrogen and oxygen atoms in total. The number of rotatable bonds is 11. The minimum Gasteiger partial charge on any atom is -0.380 e. The predicted octanol–water partition coefficient (Wildman–Crippen LogP) is 3.00. The molecule has 0 aliphatic rings. The van der Waals surface area contributed by atoms with Gasteiger partial charge in [-0.1, -0.05) is 39.2 Å². The molecule has 0 aromatic carbocycles. The second kappa shape index (κ2) is 11.7. The fourth-order valence-electron chi connectivity index (χ4n) is 1.50. The van der Waals surface area contributed by atoms with Gasteiger partial charge < -0.3 is 10.1 Å². The van der Waals surface area contributed by atoms with E-state index in [1.54, 1.807) is 0 Å². The average molecular weight is 213 g/mol. The number of unbranched alkanes of at least 4 members (excludes halogenated alkanes) is 1. The molecule has 0 saturated carbocycles. The molecular formula is C13H27NO. The molecule has 2 heteroatoms. The molecule has 0 bridgehead atoms. The van der Waals surface area contributed by atoms with Gasteiger partial charge in [-0.25, -0.2) is 0 Å². The molecular weight excluding hydrogens is 186 g/mol. The van der Waals surface area contributed by atoms with Crippen molar-refractivity contribution in [1.82, 2.24) is 5.32 Å². The van der Waals surface area contributed by atoms with Crippen molar-refractivity contribution in [3.05, 3.63) is 12.7 Å². The summed E-state index contributed by atoms with van der Waals surface area (Å²) in [6.45, 7) is 11.7. The Labute approximate surface area is 95.1 Å². The van der Waals surface area contributed by atoms with Crippen LogP contribution in [0.15, 0.2) is 12.7 Å². The molecule has 15 heavy (non-hydrogen) atoms. The van der Waals surface area contributed by atoms with E-state index in [4.69, 9.17) is 4.74 Å². The Morgan fingerprint density at radius 2 is 2.20 bits per heavy atom. The van der Waals surface area contributed by atoms with Gasteiger partial charge in [-0.2, -0.15) is 0 Å². The van der Waals surface area contributed by atoms with Gasteiger partial charge in [0.05, 0.1) is 6.61 Å². The third kappa shape index (κ3) is 9.95. The zero-order valence-electron chi connectivity index (χ0n) is 10.4. The van der Waals surface area contributed by atoms with Gasteiger partial charge in [-0.3, -0.25) is 0 Å². The van der Waals surface area contributed by atoms with Gasteiger partial charge in [0.25, 0.3) is 0 Å². The normalized spacial score (nSPS) is 12.7. The lowest BCUT2D eigenvalue weighted by molar-refractivity contribution is 0.0962. The smallest absolute Gasteiger partial charge is 0.0591 e. The molecule has 0 saturated heterocycles. The SMILES string of the molecule is C=CCNCCOCC(CC)CCCC. The first kappa shape index (κ1) is 14.7. The largest absolute Gasteiger partial charge is 0.380 e. The van der Waals surface area contributed by atoms with E-state index >= 15 is 0 Å². The lowest BCUT2D eigenvalue weighted by atomic mass is 10.0. The monoisotopic (exact) mass is 213 g/mol. The molecule has 1 N–H and O–H groups in total. The maximum absolute atomic E-state index is 5.63. The Balaban J connectivity index is 3.25. The lowest BCUT2D eigenvalue weighted by Gasteiger charge is -2.14. The molecule has 0 aromatic rings. The molecule has 0 heterocycles. The highest BCUT2D eigenvalue weighted by Gasteiger charge is 2.04. The van der Waals surface area contributed by atoms with Crippen LogP contribution < -0.4 is 5.32 Å². The summed E-state index contributed by atoms with van der Waals surface area (Å²) in [5, 5.41) is 3.23. The van der Waals surface area contributed by atoms with Crippen LogP contribution in [0.3, 0.4) is 0 Å². The van der Waals surface area contributed by atoms with Crippen LogP contribution in [-0.2, 0) is 4.74 Å². The van der Waals surface area contributed by atoms with Gasteiger partial charge in [-0.15, -0.1) is 6.58 Å². The van der Waals surface area contributed by atoms with Crippen molar-refractivity contribution in [2.45, 2.75) is 39.5 Å². The van der Waals surface area contributed by atoms with Crippen LogP contribution in [0.25, 0.3) is 0 Å². The molecule has 0 spiro atoms. The van der Waals surface area contributed by atoms with Gasteiger partial charge in [0.15, 0.2) is 0 Å². The summed E-state index contributed by atoms with van der Waals surface area (Å²) in [7, 11) is 0. The van der Waals surface area contributed by atoms with E-state index in [-0.39, 0.29) is 0 Å². The van der Waals surface area contributed by atoms with Crippen LogP contribution >= 0.6 is 0 Å². The highest BCUT2D eigenvalue weighted by atomic mass is 16.5. The Morgan fingerprint density at radius 3 is 2.80 bits per heavy atom. The van der Waals surface area contributed by atoms with Gasteiger partial charge >= 0.3 is 0 Å². The van der Waals surface area contributed by atoms with Crippen LogP contribution in [0, 0.1) is 5.92 Å². The molecule has 0 amide bonds. The van der Waals surface area contributed by atoms with Gasteiger partial charge in [0.1, 0.15) is 0 Å². The lowest BCUT2D eigenvalue weighted by Crippen LogP contribution is -2.21. The average Bonchev–Trinajstić information content (AvgIpc) is 2.27. The van der Waals surface area contributed by atoms with Crippen molar-refractivity contribution >= 4 is 0 Å². The summed E-state index contributed by atoms with van der Waals surface area (Å²) in [5.74, 6) is 0.754. The maximum atomic E-state index is 5.63. The summed E-state index contributed by atoms with van der Waals surface area (Å²) in [4.78, 5) is 0. The predicted molar refractivity (Wildman–Crippen MR) is 67.2 cm³/mol. The Kier molecular flexibility index (Phi) is 11.5. The van der Waals surface area contributed by atoms with Gasteiger partial charge in [-0.05, 0) is 12.3 Å². The fourth-order valence-corrected chi connectivity index (χ4v) is 1.50. The third-order valence-corrected chi connectivity index (χ3v) is 2.61. The van der Waals surface area contributed by atoms with Crippen molar-refractivity contribution in [3.63, 3.8) is 0 Å². The first-order valence-corrected chi connectivity index (χ1v) is 6.24. The zero-order valence-corrected chi connectivity index (χ0v) is 10.4. The number of hydrogen-bond acceptors (Lipinski definition) is 2. The van der Waals surface area contributed by atoms with Crippen molar-refractivity contribution in [3.8, 4) is 0 Å². The second-order valence-corrected chi connectivity index (χ2v) is 3.98. The zero-order chi connectivity index (χ0) is 11.4. The van der Waals surface area contributed by atoms with Crippen LogP contribution in [-0.4, -0.2) is 26.3 Å². The van der Waals surface area contributed by atoms with E-state index < -0.39 is 0 Å². The topological polar surface area (TPSA) is 21.3 Å². The molecule has 0 aromatic heterocycles. The van der Waals surface area contributed by atoms with E-state index in [0.717, 1.165) is 32.2 Å². The molecule has 0 aliphatic heterocycles. The molecule has 0 aliphatic carbocycles. The van der Waals surface area contributed by atoms with E-state index in [1.165, 1.54) is 25.7 Å². The van der Waals surface area contributed by atoms with Crippen LogP contribution in [0.4, 0.5) is 0 Å². The summed E-state index contributed by atoms with van der Waals surface area (Å²) in [5.41, 5.74) is 0. The van der Waals surface area contributed by atoms with Crippen molar-refractivity contribution < 1.29 is 4.74 Å². The minimum atomic E-state index is 0.754. The Hall–Kier alpha value is -0.340. The quantitative estimate of drug-likeness (QED) is 0.421. The summed E-state index contributed by atoms with van der Waals surface area (Å²) < 4.78 is 5.63. The molecule has 0 rings (SSSR count). The number of nitrogens with one attached hydrogen (secondary N) is 1. The van der Waals surface area contributed by atoms with E-state index in [1.807, 2.05) is 6.08 Å². The van der Waals surface area contributed by atoms with E-state index in [2.05, 4.69) is 25.7 Å². The molecule has 90 valence electrons. The number of ether oxygens (including phenoxy) is 1. The molecule has 0 fully saturated rings. The maximum Gasteiger partial charge on any atom is 0.0591 e. The van der Waals surface area contributed by atoms with Crippen molar-refractivity contribution in [1.29, 1.82) is 0 Å². The van der Waals surface area contributed by atoms with Crippen molar-refractivity contribution in [2.24, 2.45) is 5.92 Å². The standard InChI is InChI=1S/C13H27NO/c1-4-7-8-13(6-3)12-15-11-10-14-9-5-2/h5,13-14H,2,4,6-12H2,1,3H3. The summed E-state index contributed by atoms with van der Waals surface area (Å²) in [6, 6.07) is 0. The van der Waals surface area contributed by atoms with Gasteiger partial charge in [0, 0.05) is 19.7 Å². The Morgan fingerprint density at radius 1 is 1.40 bits per heavy atom. The molecule has 0 radical (unpaired) electrons. The van der Waals surface area contributed by atoms with Crippen LogP contribution in [0.1, 0.15) is 39.5 Å². The Bertz CT molecular complexity index is 136. The highest BCUT2D eigenvalue weighted by Crippen LogP contribution is 2.12. The second-order valence-electron chi connectivity index (χ2n) is 3.98. The fraction of sp³-hybridized carbons (Fsp3) is 0.846. The summed E-state index contributed by atoms with van der Waals surface area (Å²) in [6.07, 6.45) is 7.04. The number of hydrogen-bond donors (Lipinski definition) is 1. The highest BCUT2D eigenvalue weighted by molar-refractivity contribution is 4.69. The third-order valence-electron chi connectivity index (χ3n) is 2.61. The first-order valence-electron chi connectivity index (χ1n) is 6.24. The van der Waals surface area contributed by atoms with E-state index in [0.29, 0.717) is 0 Å². The van der Waals surface area contributed by atoms with Crippen molar-refractivity contribution in [2.75, 3.05) is 26.3 Å². The molecule has 1 unspecified atom stereocenters. The minimum absolute atomic E-state index is 0.754. The molecule has 1 atom stereocenters. The summed E-state index contributed by atoms with van der Waals surface area (Å²) >= 11 is 0. The van der Waals surface area contributed by atoms with Crippen LogP contribution in [0.5, 0.6) is 0 Å².